The first kappa shape index (κ1) is 26.1. The molecule has 4 heteroatoms. The Bertz CT molecular complexity index is 891. The summed E-state index contributed by atoms with van der Waals surface area (Å²) in [7, 11) is 1.72. The molecule has 0 fully saturated rings. The Morgan fingerprint density at radius 3 is 2.30 bits per heavy atom. The van der Waals surface area contributed by atoms with Crippen LogP contribution in [0.25, 0.3) is 21.5 Å². The average Bonchev–Trinajstić information content (AvgIpc) is 3.25. The summed E-state index contributed by atoms with van der Waals surface area (Å²) in [6, 6.07) is 16.8. The first-order valence-corrected chi connectivity index (χ1v) is 8.68. The minimum absolute atomic E-state index is 0. The molecule has 0 aromatic heterocycles. The molecule has 140 valence electrons. The van der Waals surface area contributed by atoms with Crippen LogP contribution in [0, 0.1) is 6.08 Å². The second-order valence-electron chi connectivity index (χ2n) is 5.95. The fraction of sp³-hybridized carbons (Fsp3) is 0.261. The first-order chi connectivity index (χ1) is 11.8. The second-order valence-corrected chi connectivity index (χ2v) is 5.95. The summed E-state index contributed by atoms with van der Waals surface area (Å²) in [4.78, 5) is 0. The van der Waals surface area contributed by atoms with Crippen molar-refractivity contribution < 1.29 is 55.8 Å². The fourth-order valence-corrected chi connectivity index (χ4v) is 3.39. The molecule has 0 atom stereocenters. The van der Waals surface area contributed by atoms with Crippen molar-refractivity contribution in [3.05, 3.63) is 71.8 Å². The molecule has 1 aliphatic carbocycles. The predicted octanol–water partition coefficient (Wildman–Crippen LogP) is 0.592. The topological polar surface area (TPSA) is 9.23 Å². The standard InChI is InChI=1S/C14H11O.C9H13.2ClH.Zr/c1-15-13-8-4-6-11-9-10-5-2-3-7-12(10)14(11)13;1-3-8-6-5-7-9(8)4-2;;;/h2-9H,1H3;6H,3-5H2,1-2H3;2*1H;/q2*-1;;;+4/p-2. The zero-order valence-electron chi connectivity index (χ0n) is 16.0. The summed E-state index contributed by atoms with van der Waals surface area (Å²) in [6.07, 6.45) is 8.99. The normalized spacial score (nSPS) is 12.0. The van der Waals surface area contributed by atoms with Crippen LogP contribution in [0.3, 0.4) is 0 Å². The number of rotatable bonds is 3. The van der Waals surface area contributed by atoms with E-state index in [0.717, 1.165) is 18.6 Å². The molecule has 0 aliphatic heterocycles. The molecule has 27 heavy (non-hydrogen) atoms. The molecule has 0 spiro atoms. The Kier molecular flexibility index (Phi) is 12.1. The number of halogens is 2. The summed E-state index contributed by atoms with van der Waals surface area (Å²) in [5.74, 6) is 0.952. The molecule has 4 rings (SSSR count). The number of hydrogen-bond acceptors (Lipinski definition) is 1. The summed E-state index contributed by atoms with van der Waals surface area (Å²) in [5.41, 5.74) is 2.95. The van der Waals surface area contributed by atoms with Gasteiger partial charge in [-0.1, -0.05) is 56.3 Å². The number of methoxy groups -OCH3 is 1. The van der Waals surface area contributed by atoms with Crippen molar-refractivity contribution in [3.63, 3.8) is 0 Å². The van der Waals surface area contributed by atoms with Gasteiger partial charge in [-0.15, -0.1) is 40.8 Å². The van der Waals surface area contributed by atoms with Gasteiger partial charge in [0, 0.05) is 0 Å². The van der Waals surface area contributed by atoms with E-state index in [-0.39, 0.29) is 51.0 Å². The maximum absolute atomic E-state index is 5.39. The molecule has 0 heterocycles. The van der Waals surface area contributed by atoms with Gasteiger partial charge in [-0.3, -0.25) is 6.08 Å². The second kappa shape index (κ2) is 12.5. The molecule has 0 bridgehead atoms. The van der Waals surface area contributed by atoms with Gasteiger partial charge in [-0.05, 0) is 6.07 Å². The third kappa shape index (κ3) is 5.77. The largest absolute Gasteiger partial charge is 4.00 e. The van der Waals surface area contributed by atoms with Gasteiger partial charge in [0.05, 0.1) is 12.9 Å². The van der Waals surface area contributed by atoms with Gasteiger partial charge < -0.3 is 29.6 Å². The Labute approximate surface area is 194 Å². The summed E-state index contributed by atoms with van der Waals surface area (Å²) in [6.45, 7) is 4.39. The van der Waals surface area contributed by atoms with E-state index in [9.17, 15) is 0 Å². The van der Waals surface area contributed by atoms with Crippen LogP contribution in [0.15, 0.2) is 65.8 Å². The summed E-state index contributed by atoms with van der Waals surface area (Å²) >= 11 is 0. The fourth-order valence-electron chi connectivity index (χ4n) is 3.39. The number of hydrogen-bond donors (Lipinski definition) is 0. The van der Waals surface area contributed by atoms with Crippen molar-refractivity contribution in [2.24, 2.45) is 0 Å². The van der Waals surface area contributed by atoms with Crippen molar-refractivity contribution in [1.29, 1.82) is 0 Å². The van der Waals surface area contributed by atoms with E-state index >= 15 is 0 Å². The minimum atomic E-state index is 0. The molecule has 0 unspecified atom stereocenters. The predicted molar refractivity (Wildman–Crippen MR) is 104 cm³/mol. The van der Waals surface area contributed by atoms with E-state index in [1.54, 1.807) is 7.11 Å². The third-order valence-electron chi connectivity index (χ3n) is 4.61. The van der Waals surface area contributed by atoms with Gasteiger partial charge >= 0.3 is 26.2 Å². The van der Waals surface area contributed by atoms with E-state index in [1.807, 2.05) is 12.1 Å². The maximum atomic E-state index is 5.39. The van der Waals surface area contributed by atoms with Crippen LogP contribution >= 0.6 is 0 Å². The number of fused-ring (bicyclic) bond motifs is 3. The average molecular weight is 479 g/mol. The molecule has 1 nitrogen and oxygen atoms in total. The SMILES string of the molecule is CCC1=[C-]CC=C1CC.COc1cccc2[cH-]c3ccccc3c12.[Cl-].[Cl-].[Zr+4]. The zero-order valence-corrected chi connectivity index (χ0v) is 20.0. The van der Waals surface area contributed by atoms with E-state index in [0.29, 0.717) is 0 Å². The quantitative estimate of drug-likeness (QED) is 0.501. The number of benzene rings is 2. The van der Waals surface area contributed by atoms with Gasteiger partial charge in [0.2, 0.25) is 0 Å². The van der Waals surface area contributed by atoms with E-state index in [1.165, 1.54) is 39.1 Å². The van der Waals surface area contributed by atoms with Gasteiger partial charge in [0.15, 0.2) is 0 Å². The molecule has 0 saturated carbocycles. The van der Waals surface area contributed by atoms with Crippen LogP contribution < -0.4 is 29.6 Å². The van der Waals surface area contributed by atoms with Crippen molar-refractivity contribution in [3.8, 4) is 5.75 Å². The van der Waals surface area contributed by atoms with Gasteiger partial charge in [-0.25, -0.2) is 5.57 Å². The van der Waals surface area contributed by atoms with Gasteiger partial charge in [0.25, 0.3) is 0 Å². The molecular formula is C23H24Cl2OZr. The summed E-state index contributed by atoms with van der Waals surface area (Å²) < 4.78 is 5.39. The molecule has 3 aromatic rings. The van der Waals surface area contributed by atoms with Crippen LogP contribution in [0.5, 0.6) is 5.75 Å². The number of ether oxygens (including phenoxy) is 1. The summed E-state index contributed by atoms with van der Waals surface area (Å²) in [5, 5.41) is 5.01. The molecule has 1 aliphatic rings. The molecular weight excluding hydrogens is 454 g/mol. The maximum Gasteiger partial charge on any atom is 4.00 e. The third-order valence-corrected chi connectivity index (χ3v) is 4.61. The van der Waals surface area contributed by atoms with E-state index in [2.05, 4.69) is 62.4 Å². The van der Waals surface area contributed by atoms with Gasteiger partial charge in [-0.2, -0.15) is 11.6 Å². The Morgan fingerprint density at radius 1 is 0.963 bits per heavy atom. The zero-order chi connectivity index (χ0) is 16.9. The van der Waals surface area contributed by atoms with E-state index < -0.39 is 0 Å². The molecule has 0 N–H and O–H groups in total. The number of allylic oxidation sites excluding steroid dienone is 4. The van der Waals surface area contributed by atoms with Crippen molar-refractivity contribution in [2.75, 3.05) is 7.11 Å². The molecule has 0 saturated heterocycles. The molecule has 0 amide bonds. The van der Waals surface area contributed by atoms with Crippen LogP contribution in [0.2, 0.25) is 0 Å². The van der Waals surface area contributed by atoms with Crippen LogP contribution in [0.1, 0.15) is 33.1 Å². The van der Waals surface area contributed by atoms with Crippen molar-refractivity contribution >= 4 is 21.5 Å². The van der Waals surface area contributed by atoms with Gasteiger partial charge in [0.1, 0.15) is 0 Å². The molecule has 3 aromatic carbocycles. The van der Waals surface area contributed by atoms with Crippen LogP contribution in [-0.4, -0.2) is 7.11 Å². The van der Waals surface area contributed by atoms with Crippen LogP contribution in [0.4, 0.5) is 0 Å². The van der Waals surface area contributed by atoms with Crippen molar-refractivity contribution in [1.82, 2.24) is 0 Å². The Balaban J connectivity index is 0.000000498. The first-order valence-electron chi connectivity index (χ1n) is 8.68. The molecule has 0 radical (unpaired) electrons. The van der Waals surface area contributed by atoms with Crippen LogP contribution in [-0.2, 0) is 26.2 Å². The minimum Gasteiger partial charge on any atom is -1.00 e. The monoisotopic (exact) mass is 476 g/mol. The van der Waals surface area contributed by atoms with E-state index in [4.69, 9.17) is 4.74 Å². The Morgan fingerprint density at radius 2 is 1.67 bits per heavy atom. The van der Waals surface area contributed by atoms with Crippen molar-refractivity contribution in [2.45, 2.75) is 33.1 Å². The Hall–Kier alpha value is -0.947. The smallest absolute Gasteiger partial charge is 1.00 e.